The summed E-state index contributed by atoms with van der Waals surface area (Å²) in [5, 5.41) is 3.12. The quantitative estimate of drug-likeness (QED) is 0.310. The molecule has 3 heterocycles. The van der Waals surface area contributed by atoms with Crippen LogP contribution >= 0.6 is 23.1 Å². The zero-order valence-corrected chi connectivity index (χ0v) is 16.0. The first-order chi connectivity index (χ1) is 12.7. The number of rotatable bonds is 4. The zero-order chi connectivity index (χ0) is 17.7. The fourth-order valence-electron chi connectivity index (χ4n) is 3.85. The monoisotopic (exact) mass is 379 g/mol. The second-order valence-electron chi connectivity index (χ2n) is 6.60. The summed E-state index contributed by atoms with van der Waals surface area (Å²) in [6.07, 6.45) is 5.08. The second-order valence-corrected chi connectivity index (χ2v) is 8.65. The Bertz CT molecular complexity index is 1160. The minimum Gasteiger partial charge on any atom is -0.358 e. The minimum absolute atomic E-state index is 0.142. The number of nitrogens with zero attached hydrogens (tertiary/aromatic N) is 2. The van der Waals surface area contributed by atoms with Gasteiger partial charge in [0.15, 0.2) is 5.78 Å². The molecule has 4 aromatic rings. The number of H-pyrrole nitrogens is 1. The van der Waals surface area contributed by atoms with Gasteiger partial charge in [0.2, 0.25) is 0 Å². The average molecular weight is 380 g/mol. The van der Waals surface area contributed by atoms with Crippen LogP contribution in [0.3, 0.4) is 0 Å². The van der Waals surface area contributed by atoms with Gasteiger partial charge in [-0.3, -0.25) is 4.79 Å². The predicted molar refractivity (Wildman–Crippen MR) is 108 cm³/mol. The van der Waals surface area contributed by atoms with Crippen LogP contribution in [0.5, 0.6) is 0 Å². The second kappa shape index (κ2) is 6.21. The van der Waals surface area contributed by atoms with Crippen molar-refractivity contribution < 1.29 is 4.79 Å². The van der Waals surface area contributed by atoms with Crippen LogP contribution in [-0.2, 0) is 12.8 Å². The molecule has 130 valence electrons. The smallest absolute Gasteiger partial charge is 0.175 e. The number of benzene rings is 1. The highest BCUT2D eigenvalue weighted by Gasteiger charge is 2.22. The minimum atomic E-state index is 0.142. The highest BCUT2D eigenvalue weighted by atomic mass is 32.2. The van der Waals surface area contributed by atoms with E-state index in [1.54, 1.807) is 17.7 Å². The first-order valence-electron chi connectivity index (χ1n) is 8.71. The SMILES string of the molecule is Cc1[nH]c2ccccc2c1C(=O)CSc1ncnc2sc3c(c12)CCC3. The van der Waals surface area contributed by atoms with Gasteiger partial charge in [-0.25, -0.2) is 9.97 Å². The third-order valence-corrected chi connectivity index (χ3v) is 7.17. The van der Waals surface area contributed by atoms with Gasteiger partial charge in [0.25, 0.3) is 0 Å². The normalized spacial score (nSPS) is 13.6. The van der Waals surface area contributed by atoms with Gasteiger partial charge in [-0.05, 0) is 37.8 Å². The van der Waals surface area contributed by atoms with Gasteiger partial charge in [-0.15, -0.1) is 11.3 Å². The van der Waals surface area contributed by atoms with Crippen LogP contribution in [-0.4, -0.2) is 26.5 Å². The lowest BCUT2D eigenvalue weighted by molar-refractivity contribution is 0.102. The number of carbonyl (C=O) groups excluding carboxylic acids is 1. The van der Waals surface area contributed by atoms with Crippen LogP contribution in [0.4, 0.5) is 0 Å². The fourth-order valence-corrected chi connectivity index (χ4v) is 6.04. The van der Waals surface area contributed by atoms with Crippen molar-refractivity contribution in [3.05, 3.63) is 52.3 Å². The van der Waals surface area contributed by atoms with Crippen molar-refractivity contribution in [1.29, 1.82) is 0 Å². The molecule has 4 nitrogen and oxygen atoms in total. The number of nitrogens with one attached hydrogen (secondary N) is 1. The number of aryl methyl sites for hydroxylation is 3. The molecule has 3 aromatic heterocycles. The van der Waals surface area contributed by atoms with Gasteiger partial charge in [0.05, 0.1) is 5.75 Å². The molecule has 6 heteroatoms. The molecule has 1 aromatic carbocycles. The van der Waals surface area contributed by atoms with Crippen molar-refractivity contribution in [3.8, 4) is 0 Å². The summed E-state index contributed by atoms with van der Waals surface area (Å²) in [6, 6.07) is 7.97. The van der Waals surface area contributed by atoms with Crippen molar-refractivity contribution in [2.75, 3.05) is 5.75 Å². The summed E-state index contributed by atoms with van der Waals surface area (Å²) in [4.78, 5) is 27.7. The summed E-state index contributed by atoms with van der Waals surface area (Å²) in [5.41, 5.74) is 4.15. The Balaban J connectivity index is 1.47. The fraction of sp³-hybridized carbons (Fsp3) is 0.250. The summed E-state index contributed by atoms with van der Waals surface area (Å²) < 4.78 is 0. The molecule has 0 aliphatic heterocycles. The molecule has 0 bridgehead atoms. The van der Waals surface area contributed by atoms with E-state index >= 15 is 0 Å². The summed E-state index contributed by atoms with van der Waals surface area (Å²) in [6.45, 7) is 1.96. The molecule has 0 saturated carbocycles. The lowest BCUT2D eigenvalue weighted by Gasteiger charge is -2.04. The van der Waals surface area contributed by atoms with E-state index < -0.39 is 0 Å². The molecule has 0 amide bonds. The van der Waals surface area contributed by atoms with E-state index in [4.69, 9.17) is 0 Å². The van der Waals surface area contributed by atoms with E-state index in [1.807, 2.05) is 31.2 Å². The standard InChI is InChI=1S/C20H17N3OS2/c1-11-17(12-5-2-3-7-14(12)23-11)15(24)9-25-19-18-13-6-4-8-16(13)26-20(18)22-10-21-19/h2-3,5,7,10,23H,4,6,8-9H2,1H3. The Morgan fingerprint density at radius 1 is 1.27 bits per heavy atom. The number of thioether (sulfide) groups is 1. The van der Waals surface area contributed by atoms with Crippen molar-refractivity contribution in [3.63, 3.8) is 0 Å². The zero-order valence-electron chi connectivity index (χ0n) is 14.3. The number of thiophene rings is 1. The molecule has 0 atom stereocenters. The van der Waals surface area contributed by atoms with Crippen molar-refractivity contribution in [1.82, 2.24) is 15.0 Å². The lowest BCUT2D eigenvalue weighted by atomic mass is 10.1. The Morgan fingerprint density at radius 2 is 2.15 bits per heavy atom. The van der Waals surface area contributed by atoms with Crippen LogP contribution in [0.1, 0.15) is 32.9 Å². The highest BCUT2D eigenvalue weighted by Crippen LogP contribution is 2.40. The molecule has 1 N–H and O–H groups in total. The van der Waals surface area contributed by atoms with E-state index in [0.29, 0.717) is 5.75 Å². The number of aromatic nitrogens is 3. The summed E-state index contributed by atoms with van der Waals surface area (Å²) >= 11 is 3.32. The molecule has 5 rings (SSSR count). The molecule has 0 radical (unpaired) electrons. The van der Waals surface area contributed by atoms with Crippen molar-refractivity contribution >= 4 is 50.0 Å². The van der Waals surface area contributed by atoms with Gasteiger partial charge in [-0.1, -0.05) is 30.0 Å². The molecular formula is C20H17N3OS2. The lowest BCUT2D eigenvalue weighted by Crippen LogP contribution is -2.04. The number of para-hydroxylation sites is 1. The van der Waals surface area contributed by atoms with E-state index in [-0.39, 0.29) is 5.78 Å². The third kappa shape index (κ3) is 2.47. The molecule has 0 saturated heterocycles. The van der Waals surface area contributed by atoms with Crippen molar-refractivity contribution in [2.45, 2.75) is 31.2 Å². The Morgan fingerprint density at radius 3 is 3.08 bits per heavy atom. The van der Waals surface area contributed by atoms with Gasteiger partial charge in [0.1, 0.15) is 16.2 Å². The van der Waals surface area contributed by atoms with Gasteiger partial charge in [0, 0.05) is 32.4 Å². The largest absolute Gasteiger partial charge is 0.358 e. The molecule has 0 spiro atoms. The van der Waals surface area contributed by atoms with Gasteiger partial charge in [-0.2, -0.15) is 0 Å². The molecule has 1 aliphatic carbocycles. The van der Waals surface area contributed by atoms with Crippen LogP contribution in [0, 0.1) is 6.92 Å². The van der Waals surface area contributed by atoms with Crippen LogP contribution in [0.2, 0.25) is 0 Å². The molecule has 0 fully saturated rings. The number of hydrogen-bond acceptors (Lipinski definition) is 5. The van der Waals surface area contributed by atoms with Crippen LogP contribution in [0.25, 0.3) is 21.1 Å². The first-order valence-corrected chi connectivity index (χ1v) is 10.5. The van der Waals surface area contributed by atoms with Crippen LogP contribution < -0.4 is 0 Å². The highest BCUT2D eigenvalue weighted by molar-refractivity contribution is 8.00. The van der Waals surface area contributed by atoms with E-state index in [2.05, 4.69) is 15.0 Å². The number of Topliss-reactive ketones (excluding diaryl/α,β-unsaturated/α-hetero) is 1. The number of aromatic amines is 1. The van der Waals surface area contributed by atoms with Crippen LogP contribution in [0.15, 0.2) is 35.6 Å². The predicted octanol–water partition coefficient (Wildman–Crippen LogP) is 4.94. The Hall–Kier alpha value is -2.18. The Kier molecular flexibility index (Phi) is 3.83. The van der Waals surface area contributed by atoms with Gasteiger partial charge < -0.3 is 4.98 Å². The molecule has 1 aliphatic rings. The third-order valence-electron chi connectivity index (χ3n) is 4.98. The Labute approximate surface area is 159 Å². The summed E-state index contributed by atoms with van der Waals surface area (Å²) in [5.74, 6) is 0.531. The summed E-state index contributed by atoms with van der Waals surface area (Å²) in [7, 11) is 0. The number of hydrogen-bond donors (Lipinski definition) is 1. The number of ketones is 1. The first kappa shape index (κ1) is 16.0. The molecule has 0 unspecified atom stereocenters. The maximum Gasteiger partial charge on any atom is 0.175 e. The van der Waals surface area contributed by atoms with Gasteiger partial charge >= 0.3 is 0 Å². The topological polar surface area (TPSA) is 58.6 Å². The number of carbonyl (C=O) groups is 1. The average Bonchev–Trinajstić information content (AvgIpc) is 3.30. The molecular weight excluding hydrogens is 362 g/mol. The molecule has 26 heavy (non-hydrogen) atoms. The number of fused-ring (bicyclic) bond motifs is 4. The van der Waals surface area contributed by atoms with Crippen molar-refractivity contribution in [2.24, 2.45) is 0 Å². The van der Waals surface area contributed by atoms with E-state index in [0.717, 1.165) is 44.9 Å². The van der Waals surface area contributed by atoms with E-state index in [9.17, 15) is 4.79 Å². The maximum absolute atomic E-state index is 12.9. The maximum atomic E-state index is 12.9. The van der Waals surface area contributed by atoms with E-state index in [1.165, 1.54) is 34.0 Å².